The smallest absolute Gasteiger partial charge is 0.413 e. The lowest BCUT2D eigenvalue weighted by atomic mass is 9.98. The molecule has 168 valence electrons. The highest BCUT2D eigenvalue weighted by Gasteiger charge is 2.32. The summed E-state index contributed by atoms with van der Waals surface area (Å²) < 4.78 is 5.51. The Morgan fingerprint density at radius 3 is 2.39 bits per heavy atom. The lowest BCUT2D eigenvalue weighted by Gasteiger charge is -2.14. The largest absolute Gasteiger partial charge is 0.481 e. The normalized spacial score (nSPS) is 16.8. The third-order valence-electron chi connectivity index (χ3n) is 6.09. The predicted octanol–water partition coefficient (Wildman–Crippen LogP) is 4.05. The molecule has 0 spiro atoms. The number of nitrogens with zero attached hydrogens (tertiary/aromatic N) is 2. The van der Waals surface area contributed by atoms with Gasteiger partial charge in [-0.25, -0.2) is 9.78 Å². The van der Waals surface area contributed by atoms with Crippen LogP contribution in [0.5, 0.6) is 0 Å². The van der Waals surface area contributed by atoms with Gasteiger partial charge in [0.05, 0.1) is 12.1 Å². The molecule has 2 heterocycles. The number of ether oxygens (including phenoxy) is 1. The standard InChI is InChI=1S/C24H21N3O5S/c28-21(27-10-9-14(12-27)22(29)30)20-11-25-23(33-20)26-24(31)32-13-19-17-7-3-1-5-15(17)16-6-2-4-8-18(16)19/h1-8,11,14,19H,9-10,12-13H2,(H,29,30)(H,25,26,31). The molecule has 3 aromatic rings. The Hall–Kier alpha value is -3.72. The molecule has 0 bridgehead atoms. The van der Waals surface area contributed by atoms with Gasteiger partial charge in [-0.1, -0.05) is 59.9 Å². The Bertz CT molecular complexity index is 1190. The van der Waals surface area contributed by atoms with Gasteiger partial charge < -0.3 is 14.7 Å². The molecule has 2 N–H and O–H groups in total. The van der Waals surface area contributed by atoms with Crippen LogP contribution in [0, 0.1) is 5.92 Å². The van der Waals surface area contributed by atoms with Crippen LogP contribution in [0.2, 0.25) is 0 Å². The maximum absolute atomic E-state index is 12.6. The Morgan fingerprint density at radius 1 is 1.09 bits per heavy atom. The van der Waals surface area contributed by atoms with Crippen molar-refractivity contribution in [3.63, 3.8) is 0 Å². The van der Waals surface area contributed by atoms with E-state index in [4.69, 9.17) is 9.84 Å². The van der Waals surface area contributed by atoms with E-state index in [1.165, 1.54) is 11.1 Å². The van der Waals surface area contributed by atoms with Crippen LogP contribution in [0.4, 0.5) is 9.93 Å². The number of carbonyl (C=O) groups excluding carboxylic acids is 2. The molecule has 2 aliphatic rings. The minimum atomic E-state index is -0.896. The van der Waals surface area contributed by atoms with Crippen LogP contribution < -0.4 is 5.32 Å². The molecular weight excluding hydrogens is 442 g/mol. The van der Waals surface area contributed by atoms with Gasteiger partial charge in [0, 0.05) is 19.0 Å². The van der Waals surface area contributed by atoms with Gasteiger partial charge in [-0.3, -0.25) is 14.9 Å². The highest BCUT2D eigenvalue weighted by Crippen LogP contribution is 2.44. The molecule has 2 aromatic carbocycles. The topological polar surface area (TPSA) is 109 Å². The fourth-order valence-electron chi connectivity index (χ4n) is 4.45. The van der Waals surface area contributed by atoms with Gasteiger partial charge in [0.15, 0.2) is 5.13 Å². The van der Waals surface area contributed by atoms with Gasteiger partial charge in [0.25, 0.3) is 5.91 Å². The number of hydrogen-bond donors (Lipinski definition) is 2. The van der Waals surface area contributed by atoms with Gasteiger partial charge in [-0.2, -0.15) is 0 Å². The molecule has 0 saturated carbocycles. The highest BCUT2D eigenvalue weighted by atomic mass is 32.1. The second-order valence-corrected chi connectivity index (χ2v) is 9.09. The van der Waals surface area contributed by atoms with Crippen LogP contribution in [0.25, 0.3) is 11.1 Å². The summed E-state index contributed by atoms with van der Waals surface area (Å²) in [4.78, 5) is 42.1. The SMILES string of the molecule is O=C(Nc1ncc(C(=O)N2CCC(C(=O)O)C2)s1)OCC1c2ccccc2-c2ccccc21. The number of nitrogens with one attached hydrogen (secondary N) is 1. The van der Waals surface area contributed by atoms with Crippen molar-refractivity contribution in [2.24, 2.45) is 5.92 Å². The molecule has 8 nitrogen and oxygen atoms in total. The summed E-state index contributed by atoms with van der Waals surface area (Å²) in [5.41, 5.74) is 4.55. The van der Waals surface area contributed by atoms with Crippen molar-refractivity contribution in [3.05, 3.63) is 70.7 Å². The predicted molar refractivity (Wildman–Crippen MR) is 122 cm³/mol. The van der Waals surface area contributed by atoms with Crippen LogP contribution >= 0.6 is 11.3 Å². The molecule has 1 aromatic heterocycles. The van der Waals surface area contributed by atoms with Gasteiger partial charge >= 0.3 is 12.1 Å². The number of likely N-dealkylation sites (tertiary alicyclic amines) is 1. The molecule has 1 atom stereocenters. The zero-order valence-corrected chi connectivity index (χ0v) is 18.4. The Kier molecular flexibility index (Phi) is 5.55. The molecule has 0 radical (unpaired) electrons. The van der Waals surface area contributed by atoms with Crippen LogP contribution in [0.1, 0.15) is 33.1 Å². The molecule has 1 aliphatic carbocycles. The van der Waals surface area contributed by atoms with Gasteiger partial charge in [-0.05, 0) is 28.7 Å². The summed E-state index contributed by atoms with van der Waals surface area (Å²) in [5.74, 6) is -1.77. The van der Waals surface area contributed by atoms with E-state index < -0.39 is 18.0 Å². The monoisotopic (exact) mass is 463 g/mol. The van der Waals surface area contributed by atoms with E-state index >= 15 is 0 Å². The molecule has 1 aliphatic heterocycles. The maximum atomic E-state index is 12.6. The molecule has 1 fully saturated rings. The minimum Gasteiger partial charge on any atom is -0.481 e. The Morgan fingerprint density at radius 2 is 1.76 bits per heavy atom. The molecule has 1 unspecified atom stereocenters. The second kappa shape index (κ2) is 8.67. The van der Waals surface area contributed by atoms with Crippen molar-refractivity contribution in [3.8, 4) is 11.1 Å². The van der Waals surface area contributed by atoms with Gasteiger partial charge in [-0.15, -0.1) is 0 Å². The number of carboxylic acid groups (broad SMARTS) is 1. The summed E-state index contributed by atoms with van der Waals surface area (Å²) in [7, 11) is 0. The number of carbonyl (C=O) groups is 3. The number of fused-ring (bicyclic) bond motifs is 3. The van der Waals surface area contributed by atoms with E-state index in [9.17, 15) is 14.4 Å². The van der Waals surface area contributed by atoms with Crippen molar-refractivity contribution in [2.75, 3.05) is 25.0 Å². The summed E-state index contributed by atoms with van der Waals surface area (Å²) in [5, 5.41) is 12.0. The van der Waals surface area contributed by atoms with Crippen LogP contribution in [-0.2, 0) is 9.53 Å². The fourth-order valence-corrected chi connectivity index (χ4v) is 5.22. The van der Waals surface area contributed by atoms with Crippen LogP contribution in [0.15, 0.2) is 54.7 Å². The average molecular weight is 464 g/mol. The number of benzene rings is 2. The zero-order chi connectivity index (χ0) is 22.9. The van der Waals surface area contributed by atoms with E-state index in [0.29, 0.717) is 17.8 Å². The lowest BCUT2D eigenvalue weighted by molar-refractivity contribution is -0.141. The number of anilines is 1. The molecule has 5 rings (SSSR count). The van der Waals surface area contributed by atoms with E-state index in [-0.39, 0.29) is 30.1 Å². The second-order valence-electron chi connectivity index (χ2n) is 8.06. The maximum Gasteiger partial charge on any atom is 0.413 e. The van der Waals surface area contributed by atoms with Crippen molar-refractivity contribution in [1.29, 1.82) is 0 Å². The number of thiazole rings is 1. The first-order valence-electron chi connectivity index (χ1n) is 10.6. The lowest BCUT2D eigenvalue weighted by Crippen LogP contribution is -2.29. The quantitative estimate of drug-likeness (QED) is 0.591. The number of amides is 2. The summed E-state index contributed by atoms with van der Waals surface area (Å²) >= 11 is 1.04. The van der Waals surface area contributed by atoms with Crippen LogP contribution in [-0.4, -0.2) is 52.7 Å². The number of rotatable bonds is 5. The molecular formula is C24H21N3O5S. The third-order valence-corrected chi connectivity index (χ3v) is 6.99. The van der Waals surface area contributed by atoms with E-state index in [1.54, 1.807) is 0 Å². The van der Waals surface area contributed by atoms with E-state index in [2.05, 4.69) is 22.4 Å². The van der Waals surface area contributed by atoms with E-state index in [0.717, 1.165) is 33.6 Å². The highest BCUT2D eigenvalue weighted by molar-refractivity contribution is 7.17. The van der Waals surface area contributed by atoms with Gasteiger partial charge in [0.1, 0.15) is 11.5 Å². The molecule has 1 saturated heterocycles. The van der Waals surface area contributed by atoms with Crippen molar-refractivity contribution < 1.29 is 24.2 Å². The van der Waals surface area contributed by atoms with E-state index in [1.807, 2.05) is 36.4 Å². The first kappa shape index (κ1) is 21.1. The molecule has 9 heteroatoms. The van der Waals surface area contributed by atoms with Crippen molar-refractivity contribution >= 4 is 34.4 Å². The first-order chi connectivity index (χ1) is 16.0. The molecule has 2 amide bonds. The van der Waals surface area contributed by atoms with Crippen molar-refractivity contribution in [2.45, 2.75) is 12.3 Å². The fraction of sp³-hybridized carbons (Fsp3) is 0.250. The van der Waals surface area contributed by atoms with Crippen molar-refractivity contribution in [1.82, 2.24) is 9.88 Å². The average Bonchev–Trinajstić information content (AvgIpc) is 3.55. The number of aromatic nitrogens is 1. The Labute approximate surface area is 193 Å². The number of carboxylic acids is 1. The Balaban J connectivity index is 1.20. The summed E-state index contributed by atoms with van der Waals surface area (Å²) in [6.45, 7) is 0.755. The summed E-state index contributed by atoms with van der Waals surface area (Å²) in [6, 6.07) is 16.2. The minimum absolute atomic E-state index is 0.0473. The van der Waals surface area contributed by atoms with Gasteiger partial charge in [0.2, 0.25) is 0 Å². The number of aliphatic carboxylic acids is 1. The number of hydrogen-bond acceptors (Lipinski definition) is 6. The van der Waals surface area contributed by atoms with Crippen LogP contribution in [0.3, 0.4) is 0 Å². The zero-order valence-electron chi connectivity index (χ0n) is 17.6. The first-order valence-corrected chi connectivity index (χ1v) is 11.4. The third kappa shape index (κ3) is 4.07. The molecule has 33 heavy (non-hydrogen) atoms. The summed E-state index contributed by atoms with van der Waals surface area (Å²) in [6.07, 6.45) is 1.18.